The van der Waals surface area contributed by atoms with Crippen molar-refractivity contribution in [3.63, 3.8) is 0 Å². The highest BCUT2D eigenvalue weighted by Crippen LogP contribution is 2.16. The molecule has 0 amide bonds. The van der Waals surface area contributed by atoms with E-state index in [-0.39, 0.29) is 12.4 Å². The van der Waals surface area contributed by atoms with Crippen LogP contribution in [0.3, 0.4) is 0 Å². The number of Topliss-reactive ketones (excluding diaryl/α,β-unsaturated/α-hetero) is 1. The number of benzene rings is 2. The summed E-state index contributed by atoms with van der Waals surface area (Å²) in [5.74, 6) is 1.29. The summed E-state index contributed by atoms with van der Waals surface area (Å²) >= 11 is 2.20. The molecule has 0 aliphatic rings. The molecule has 4 heteroatoms. The third kappa shape index (κ3) is 3.96. The van der Waals surface area contributed by atoms with Gasteiger partial charge in [0.15, 0.2) is 12.4 Å². The Balaban J connectivity index is 2.01. The standard InChI is InChI=1S/C15H13IO3/c1-18-13-6-2-4-11(8-13)15(17)10-19-14-7-3-5-12(16)9-14/h2-9H,10H2,1H3. The minimum Gasteiger partial charge on any atom is -0.497 e. The average Bonchev–Trinajstić information content (AvgIpc) is 2.45. The molecule has 0 radical (unpaired) electrons. The monoisotopic (exact) mass is 368 g/mol. The predicted octanol–water partition coefficient (Wildman–Crippen LogP) is 3.56. The lowest BCUT2D eigenvalue weighted by molar-refractivity contribution is 0.0921. The van der Waals surface area contributed by atoms with Gasteiger partial charge in [0.05, 0.1) is 7.11 Å². The highest BCUT2D eigenvalue weighted by Gasteiger charge is 2.08. The fourth-order valence-corrected chi connectivity index (χ4v) is 2.10. The van der Waals surface area contributed by atoms with Crippen LogP contribution in [0.1, 0.15) is 10.4 Å². The van der Waals surface area contributed by atoms with E-state index in [1.165, 1.54) is 0 Å². The Morgan fingerprint density at radius 3 is 2.58 bits per heavy atom. The lowest BCUT2D eigenvalue weighted by Crippen LogP contribution is -2.11. The third-order valence-corrected chi connectivity index (χ3v) is 3.23. The zero-order chi connectivity index (χ0) is 13.7. The van der Waals surface area contributed by atoms with E-state index >= 15 is 0 Å². The van der Waals surface area contributed by atoms with E-state index in [1.54, 1.807) is 31.4 Å². The van der Waals surface area contributed by atoms with Gasteiger partial charge in [-0.15, -0.1) is 0 Å². The molecule has 0 unspecified atom stereocenters. The van der Waals surface area contributed by atoms with Crippen molar-refractivity contribution in [3.05, 3.63) is 57.7 Å². The SMILES string of the molecule is COc1cccc(C(=O)COc2cccc(I)c2)c1. The summed E-state index contributed by atoms with van der Waals surface area (Å²) in [5, 5.41) is 0. The summed E-state index contributed by atoms with van der Waals surface area (Å²) in [5.41, 5.74) is 0.588. The zero-order valence-corrected chi connectivity index (χ0v) is 12.6. The fourth-order valence-electron chi connectivity index (χ4n) is 1.59. The summed E-state index contributed by atoms with van der Waals surface area (Å²) in [6, 6.07) is 14.6. The molecular formula is C15H13IO3. The molecule has 0 saturated heterocycles. The molecule has 3 nitrogen and oxygen atoms in total. The number of rotatable bonds is 5. The molecule has 0 aliphatic heterocycles. The Morgan fingerprint density at radius 2 is 1.84 bits per heavy atom. The molecule has 19 heavy (non-hydrogen) atoms. The zero-order valence-electron chi connectivity index (χ0n) is 10.4. The fraction of sp³-hybridized carbons (Fsp3) is 0.133. The van der Waals surface area contributed by atoms with Crippen molar-refractivity contribution in [1.29, 1.82) is 0 Å². The van der Waals surface area contributed by atoms with Gasteiger partial charge in [-0.05, 0) is 52.9 Å². The van der Waals surface area contributed by atoms with Crippen molar-refractivity contribution in [3.8, 4) is 11.5 Å². The van der Waals surface area contributed by atoms with Crippen molar-refractivity contribution in [1.82, 2.24) is 0 Å². The maximum Gasteiger partial charge on any atom is 0.200 e. The van der Waals surface area contributed by atoms with Crippen LogP contribution in [-0.2, 0) is 0 Å². The van der Waals surface area contributed by atoms with E-state index < -0.39 is 0 Å². The molecule has 2 rings (SSSR count). The van der Waals surface area contributed by atoms with Crippen LogP contribution in [0.5, 0.6) is 11.5 Å². The lowest BCUT2D eigenvalue weighted by atomic mass is 10.1. The predicted molar refractivity (Wildman–Crippen MR) is 82.0 cm³/mol. The Labute approximate surface area is 125 Å². The molecule has 2 aromatic carbocycles. The number of carbonyl (C=O) groups is 1. The Morgan fingerprint density at radius 1 is 1.11 bits per heavy atom. The molecule has 98 valence electrons. The Bertz CT molecular complexity index is 581. The van der Waals surface area contributed by atoms with E-state index in [0.29, 0.717) is 17.1 Å². The number of ketones is 1. The first-order valence-corrected chi connectivity index (χ1v) is 6.82. The molecule has 0 aliphatic carbocycles. The van der Waals surface area contributed by atoms with Gasteiger partial charge >= 0.3 is 0 Å². The van der Waals surface area contributed by atoms with Crippen molar-refractivity contribution >= 4 is 28.4 Å². The van der Waals surface area contributed by atoms with Crippen molar-refractivity contribution in [2.45, 2.75) is 0 Å². The number of methoxy groups -OCH3 is 1. The van der Waals surface area contributed by atoms with Gasteiger partial charge in [-0.25, -0.2) is 0 Å². The second-order valence-corrected chi connectivity index (χ2v) is 5.15. The molecule has 0 fully saturated rings. The maximum absolute atomic E-state index is 12.0. The first-order chi connectivity index (χ1) is 9.19. The molecule has 0 aromatic heterocycles. The highest BCUT2D eigenvalue weighted by atomic mass is 127. The topological polar surface area (TPSA) is 35.5 Å². The van der Waals surface area contributed by atoms with Crippen LogP contribution in [0.25, 0.3) is 0 Å². The Kier molecular flexibility index (Phi) is 4.79. The van der Waals surface area contributed by atoms with Gasteiger partial charge in [0, 0.05) is 9.13 Å². The third-order valence-electron chi connectivity index (χ3n) is 2.56. The van der Waals surface area contributed by atoms with E-state index in [0.717, 1.165) is 3.57 Å². The van der Waals surface area contributed by atoms with Gasteiger partial charge in [-0.2, -0.15) is 0 Å². The molecule has 2 aromatic rings. The van der Waals surface area contributed by atoms with Gasteiger partial charge in [0.25, 0.3) is 0 Å². The van der Waals surface area contributed by atoms with Gasteiger partial charge < -0.3 is 9.47 Å². The average molecular weight is 368 g/mol. The number of halogens is 1. The summed E-state index contributed by atoms with van der Waals surface area (Å²) in [4.78, 5) is 12.0. The van der Waals surface area contributed by atoms with Crippen LogP contribution in [0.15, 0.2) is 48.5 Å². The van der Waals surface area contributed by atoms with Gasteiger partial charge in [-0.3, -0.25) is 4.79 Å². The second-order valence-electron chi connectivity index (χ2n) is 3.90. The Hall–Kier alpha value is -1.56. The van der Waals surface area contributed by atoms with Crippen LogP contribution in [0.2, 0.25) is 0 Å². The highest BCUT2D eigenvalue weighted by molar-refractivity contribution is 14.1. The van der Waals surface area contributed by atoms with Crippen LogP contribution in [0.4, 0.5) is 0 Å². The van der Waals surface area contributed by atoms with Crippen molar-refractivity contribution in [2.24, 2.45) is 0 Å². The van der Waals surface area contributed by atoms with Gasteiger partial charge in [0.1, 0.15) is 11.5 Å². The maximum atomic E-state index is 12.0. The molecule has 0 N–H and O–H groups in total. The van der Waals surface area contributed by atoms with Gasteiger partial charge in [-0.1, -0.05) is 18.2 Å². The quantitative estimate of drug-likeness (QED) is 0.598. The van der Waals surface area contributed by atoms with Crippen LogP contribution >= 0.6 is 22.6 Å². The number of ether oxygens (including phenoxy) is 2. The minimum atomic E-state index is -0.0715. The summed E-state index contributed by atoms with van der Waals surface area (Å²) in [6.07, 6.45) is 0. The molecule has 0 spiro atoms. The minimum absolute atomic E-state index is 0.0211. The molecule has 0 saturated carbocycles. The second kappa shape index (κ2) is 6.56. The summed E-state index contributed by atoms with van der Waals surface area (Å²) < 4.78 is 11.6. The first-order valence-electron chi connectivity index (χ1n) is 5.74. The first kappa shape index (κ1) is 13.9. The van der Waals surface area contributed by atoms with E-state index in [2.05, 4.69) is 22.6 Å². The summed E-state index contributed by atoms with van der Waals surface area (Å²) in [6.45, 7) is 0.0211. The van der Waals surface area contributed by atoms with Gasteiger partial charge in [0.2, 0.25) is 0 Å². The molecule has 0 atom stereocenters. The number of carbonyl (C=O) groups excluding carboxylic acids is 1. The van der Waals surface area contributed by atoms with Crippen LogP contribution in [-0.4, -0.2) is 19.5 Å². The van der Waals surface area contributed by atoms with Crippen molar-refractivity contribution < 1.29 is 14.3 Å². The smallest absolute Gasteiger partial charge is 0.200 e. The number of hydrogen-bond donors (Lipinski definition) is 0. The molecular weight excluding hydrogens is 355 g/mol. The number of hydrogen-bond acceptors (Lipinski definition) is 3. The van der Waals surface area contributed by atoms with Crippen LogP contribution < -0.4 is 9.47 Å². The molecule has 0 bridgehead atoms. The van der Waals surface area contributed by atoms with E-state index in [4.69, 9.17) is 9.47 Å². The van der Waals surface area contributed by atoms with E-state index in [1.807, 2.05) is 24.3 Å². The van der Waals surface area contributed by atoms with E-state index in [9.17, 15) is 4.79 Å². The normalized spacial score (nSPS) is 10.0. The lowest BCUT2D eigenvalue weighted by Gasteiger charge is -2.07. The molecule has 0 heterocycles. The largest absolute Gasteiger partial charge is 0.497 e. The summed E-state index contributed by atoms with van der Waals surface area (Å²) in [7, 11) is 1.58. The van der Waals surface area contributed by atoms with Crippen molar-refractivity contribution in [2.75, 3.05) is 13.7 Å². The van der Waals surface area contributed by atoms with Crippen LogP contribution in [0, 0.1) is 3.57 Å².